The van der Waals surface area contributed by atoms with E-state index >= 15 is 0 Å². The molecule has 0 spiro atoms. The molecule has 0 bridgehead atoms. The van der Waals surface area contributed by atoms with Crippen LogP contribution >= 0.6 is 0 Å². The van der Waals surface area contributed by atoms with Gasteiger partial charge in [-0.2, -0.15) is 4.39 Å². The number of carbonyl (C=O) groups is 2. The van der Waals surface area contributed by atoms with Crippen molar-refractivity contribution in [3.8, 4) is 28.0 Å². The van der Waals surface area contributed by atoms with E-state index in [0.29, 0.717) is 60.5 Å². The summed E-state index contributed by atoms with van der Waals surface area (Å²) in [6, 6.07) is 14.4. The van der Waals surface area contributed by atoms with Gasteiger partial charge in [-0.1, -0.05) is 24.3 Å². The summed E-state index contributed by atoms with van der Waals surface area (Å²) < 4.78 is 26.5. The Bertz CT molecular complexity index is 1390. The van der Waals surface area contributed by atoms with E-state index in [2.05, 4.69) is 10.3 Å². The van der Waals surface area contributed by atoms with Crippen LogP contribution in [-0.2, 0) is 11.2 Å². The van der Waals surface area contributed by atoms with E-state index in [0.717, 1.165) is 17.5 Å². The number of nitrogen functional groups attached to an aromatic ring is 1. The molecule has 1 fully saturated rings. The number of nitrogens with zero attached hydrogens (tertiary/aromatic N) is 2. The maximum Gasteiger partial charge on any atom is 0.410 e. The Kier molecular flexibility index (Phi) is 7.16. The van der Waals surface area contributed by atoms with Crippen molar-refractivity contribution < 1.29 is 23.5 Å². The summed E-state index contributed by atoms with van der Waals surface area (Å²) in [5.41, 5.74) is 9.52. The molecule has 2 amide bonds. The molecule has 0 unspecified atom stereocenters. The first-order chi connectivity index (χ1) is 18.6. The Morgan fingerprint density at radius 1 is 1.03 bits per heavy atom. The van der Waals surface area contributed by atoms with Crippen LogP contribution in [0.25, 0.3) is 22.3 Å². The number of halogens is 1. The maximum absolute atomic E-state index is 14.9. The van der Waals surface area contributed by atoms with Crippen LogP contribution in [0.2, 0.25) is 0 Å². The van der Waals surface area contributed by atoms with Crippen molar-refractivity contribution in [1.82, 2.24) is 15.2 Å². The Morgan fingerprint density at radius 2 is 1.72 bits per heavy atom. The van der Waals surface area contributed by atoms with Crippen LogP contribution in [0.4, 0.5) is 15.0 Å². The standard InChI is InChI=1S/C30H33FN4O4/c1-30(2,3)39-29(37)35-14-11-22(12-15-35)38-21-7-4-18(5-8-21)24-17-25(27(32)34-26(24)31)19-6-9-23-20(16-19)10-13-33-28(23)36/h4-9,16-17,22H,10-15H2,1-3H3,(H2,32,34)(H,33,36). The average Bonchev–Trinajstić information content (AvgIpc) is 2.89. The van der Waals surface area contributed by atoms with Gasteiger partial charge >= 0.3 is 6.09 Å². The molecule has 2 aliphatic rings. The van der Waals surface area contributed by atoms with E-state index in [-0.39, 0.29) is 23.9 Å². The Labute approximate surface area is 227 Å². The van der Waals surface area contributed by atoms with Crippen molar-refractivity contribution in [1.29, 1.82) is 0 Å². The number of nitrogens with one attached hydrogen (secondary N) is 1. The fourth-order valence-electron chi connectivity index (χ4n) is 4.92. The van der Waals surface area contributed by atoms with Crippen molar-refractivity contribution in [3.63, 3.8) is 0 Å². The minimum atomic E-state index is -0.656. The molecule has 8 nitrogen and oxygen atoms in total. The maximum atomic E-state index is 14.9. The first kappa shape index (κ1) is 26.5. The fourth-order valence-corrected chi connectivity index (χ4v) is 4.92. The number of piperidine rings is 1. The number of carbonyl (C=O) groups excluding carboxylic acids is 2. The number of anilines is 1. The van der Waals surface area contributed by atoms with Gasteiger partial charge in [-0.3, -0.25) is 4.79 Å². The zero-order chi connectivity index (χ0) is 27.7. The molecule has 3 heterocycles. The number of fused-ring (bicyclic) bond motifs is 1. The van der Waals surface area contributed by atoms with Crippen molar-refractivity contribution in [2.24, 2.45) is 0 Å². The lowest BCUT2D eigenvalue weighted by Crippen LogP contribution is -2.44. The molecule has 2 aliphatic heterocycles. The van der Waals surface area contributed by atoms with Crippen molar-refractivity contribution in [2.45, 2.75) is 51.7 Å². The molecule has 9 heteroatoms. The number of amides is 2. The summed E-state index contributed by atoms with van der Waals surface area (Å²) in [4.78, 5) is 30.1. The molecule has 0 saturated carbocycles. The minimum absolute atomic E-state index is 0.0258. The van der Waals surface area contributed by atoms with E-state index in [1.54, 1.807) is 29.2 Å². The molecule has 0 radical (unpaired) electrons. The fraction of sp³-hybridized carbons (Fsp3) is 0.367. The lowest BCUT2D eigenvalue weighted by atomic mass is 9.94. The number of likely N-dealkylation sites (tertiary alicyclic amines) is 1. The monoisotopic (exact) mass is 532 g/mol. The second-order valence-electron chi connectivity index (χ2n) is 10.9. The van der Waals surface area contributed by atoms with E-state index < -0.39 is 11.5 Å². The van der Waals surface area contributed by atoms with E-state index in [9.17, 15) is 14.0 Å². The van der Waals surface area contributed by atoms with Gasteiger partial charge in [0.05, 0.1) is 0 Å². The van der Waals surface area contributed by atoms with E-state index in [1.807, 2.05) is 45.0 Å². The highest BCUT2D eigenvalue weighted by atomic mass is 19.1. The first-order valence-electron chi connectivity index (χ1n) is 13.2. The molecule has 3 N–H and O–H groups in total. The molecule has 3 aromatic rings. The molecular weight excluding hydrogens is 499 g/mol. The summed E-state index contributed by atoms with van der Waals surface area (Å²) in [5, 5.41) is 2.83. The number of pyridine rings is 1. The highest BCUT2D eigenvalue weighted by Crippen LogP contribution is 2.34. The molecule has 0 atom stereocenters. The molecule has 1 aromatic heterocycles. The predicted octanol–water partition coefficient (Wildman–Crippen LogP) is 5.20. The SMILES string of the molecule is CC(C)(C)OC(=O)N1CCC(Oc2ccc(-c3cc(-c4ccc5c(c4)CCNC5=O)c(N)nc3F)cc2)CC1. The molecule has 5 rings (SSSR count). The van der Waals surface area contributed by atoms with Gasteiger partial charge in [-0.05, 0) is 68.1 Å². The Balaban J connectivity index is 1.28. The number of rotatable bonds is 4. The first-order valence-corrected chi connectivity index (χ1v) is 13.2. The predicted molar refractivity (Wildman–Crippen MR) is 147 cm³/mol. The van der Waals surface area contributed by atoms with Crippen molar-refractivity contribution in [2.75, 3.05) is 25.4 Å². The van der Waals surface area contributed by atoms with E-state index in [4.69, 9.17) is 15.2 Å². The van der Waals surface area contributed by atoms with Gasteiger partial charge in [0.1, 0.15) is 23.3 Å². The van der Waals surface area contributed by atoms with Crippen LogP contribution in [0, 0.1) is 5.95 Å². The van der Waals surface area contributed by atoms with Crippen LogP contribution in [0.15, 0.2) is 48.5 Å². The molecule has 0 aliphatic carbocycles. The van der Waals surface area contributed by atoms with Gasteiger partial charge in [0.25, 0.3) is 5.91 Å². The summed E-state index contributed by atoms with van der Waals surface area (Å²) >= 11 is 0. The number of ether oxygens (including phenoxy) is 2. The normalized spacial score (nSPS) is 15.9. The zero-order valence-electron chi connectivity index (χ0n) is 22.4. The Hall–Kier alpha value is -4.14. The van der Waals surface area contributed by atoms with Crippen LogP contribution in [0.1, 0.15) is 49.5 Å². The van der Waals surface area contributed by atoms with Gasteiger partial charge in [0, 0.05) is 49.2 Å². The topological polar surface area (TPSA) is 107 Å². The van der Waals surface area contributed by atoms with Gasteiger partial charge in [-0.25, -0.2) is 9.78 Å². The zero-order valence-corrected chi connectivity index (χ0v) is 22.4. The van der Waals surface area contributed by atoms with Gasteiger partial charge in [0.2, 0.25) is 5.95 Å². The summed E-state index contributed by atoms with van der Waals surface area (Å²) in [5.74, 6) is 0.0157. The highest BCUT2D eigenvalue weighted by Gasteiger charge is 2.27. The number of hydrogen-bond donors (Lipinski definition) is 2. The number of hydrogen-bond acceptors (Lipinski definition) is 6. The van der Waals surface area contributed by atoms with Crippen molar-refractivity contribution >= 4 is 17.8 Å². The number of benzene rings is 2. The molecule has 2 aromatic carbocycles. The molecule has 204 valence electrons. The number of aromatic nitrogens is 1. The smallest absolute Gasteiger partial charge is 0.410 e. The Morgan fingerprint density at radius 3 is 2.41 bits per heavy atom. The van der Waals surface area contributed by atoms with Crippen LogP contribution < -0.4 is 15.8 Å². The summed E-state index contributed by atoms with van der Waals surface area (Å²) in [6.07, 6.45) is 1.79. The third-order valence-corrected chi connectivity index (χ3v) is 6.91. The average molecular weight is 533 g/mol. The van der Waals surface area contributed by atoms with Crippen molar-refractivity contribution in [3.05, 3.63) is 65.6 Å². The second kappa shape index (κ2) is 10.6. The lowest BCUT2D eigenvalue weighted by molar-refractivity contribution is 0.0126. The van der Waals surface area contributed by atoms with Crippen LogP contribution in [-0.4, -0.2) is 53.2 Å². The molecular formula is C30H33FN4O4. The van der Waals surface area contributed by atoms with Gasteiger partial charge in [0.15, 0.2) is 0 Å². The van der Waals surface area contributed by atoms with Crippen LogP contribution in [0.3, 0.4) is 0 Å². The molecule has 39 heavy (non-hydrogen) atoms. The largest absolute Gasteiger partial charge is 0.490 e. The quantitative estimate of drug-likeness (QED) is 0.447. The van der Waals surface area contributed by atoms with Gasteiger partial charge in [-0.15, -0.1) is 0 Å². The number of nitrogens with two attached hydrogens (primary N) is 1. The van der Waals surface area contributed by atoms with E-state index in [1.165, 1.54) is 0 Å². The highest BCUT2D eigenvalue weighted by molar-refractivity contribution is 5.97. The van der Waals surface area contributed by atoms with Gasteiger partial charge < -0.3 is 25.4 Å². The van der Waals surface area contributed by atoms with Crippen LogP contribution in [0.5, 0.6) is 5.75 Å². The third kappa shape index (κ3) is 5.97. The second-order valence-corrected chi connectivity index (χ2v) is 10.9. The summed E-state index contributed by atoms with van der Waals surface area (Å²) in [6.45, 7) is 7.27. The molecule has 1 saturated heterocycles. The summed E-state index contributed by atoms with van der Waals surface area (Å²) in [7, 11) is 0. The third-order valence-electron chi connectivity index (χ3n) is 6.91. The minimum Gasteiger partial charge on any atom is -0.490 e. The lowest BCUT2D eigenvalue weighted by Gasteiger charge is -2.33.